The average molecular weight is 231 g/mol. The number of fused-ring (bicyclic) bond motifs is 1. The first-order valence-electron chi connectivity index (χ1n) is 6.11. The van der Waals surface area contributed by atoms with Crippen molar-refractivity contribution in [3.8, 4) is 0 Å². The summed E-state index contributed by atoms with van der Waals surface area (Å²) in [6.07, 6.45) is 2.54. The maximum atomic E-state index is 5.73. The van der Waals surface area contributed by atoms with Crippen LogP contribution in [0.5, 0.6) is 0 Å². The second-order valence-corrected chi connectivity index (χ2v) is 4.80. The summed E-state index contributed by atoms with van der Waals surface area (Å²) in [6.45, 7) is 4.20. The molecule has 0 saturated carbocycles. The predicted octanol–water partition coefficient (Wildman–Crippen LogP) is 2.39. The van der Waals surface area contributed by atoms with Crippen molar-refractivity contribution in [3.63, 3.8) is 0 Å². The van der Waals surface area contributed by atoms with Gasteiger partial charge in [0.2, 0.25) is 5.89 Å². The van der Waals surface area contributed by atoms with Gasteiger partial charge in [0.05, 0.1) is 6.54 Å². The molecule has 1 unspecified atom stereocenters. The zero-order valence-corrected chi connectivity index (χ0v) is 10.0. The molecule has 2 aromatic rings. The van der Waals surface area contributed by atoms with E-state index < -0.39 is 0 Å². The van der Waals surface area contributed by atoms with Gasteiger partial charge in [-0.2, -0.15) is 0 Å². The van der Waals surface area contributed by atoms with E-state index in [1.54, 1.807) is 0 Å². The van der Waals surface area contributed by atoms with Gasteiger partial charge < -0.3 is 10.2 Å². The zero-order chi connectivity index (χ0) is 11.8. The molecule has 1 fully saturated rings. The first-order chi connectivity index (χ1) is 8.22. The van der Waals surface area contributed by atoms with E-state index in [9.17, 15) is 0 Å². The van der Waals surface area contributed by atoms with E-state index in [-0.39, 0.29) is 0 Å². The van der Waals surface area contributed by atoms with Crippen LogP contribution in [-0.2, 0) is 6.54 Å². The summed E-state index contributed by atoms with van der Waals surface area (Å²) in [5.41, 5.74) is 8.11. The van der Waals surface area contributed by atoms with Crippen molar-refractivity contribution >= 4 is 16.8 Å². The summed E-state index contributed by atoms with van der Waals surface area (Å²) < 4.78 is 5.73. The topological polar surface area (TPSA) is 55.3 Å². The van der Waals surface area contributed by atoms with Crippen LogP contribution in [0.3, 0.4) is 0 Å². The number of rotatable bonds is 2. The van der Waals surface area contributed by atoms with Gasteiger partial charge in [-0.3, -0.25) is 4.90 Å². The molecule has 2 N–H and O–H groups in total. The van der Waals surface area contributed by atoms with Crippen LogP contribution in [0, 0.1) is 0 Å². The van der Waals surface area contributed by atoms with Gasteiger partial charge in [-0.15, -0.1) is 0 Å². The van der Waals surface area contributed by atoms with Gasteiger partial charge in [0.1, 0.15) is 5.52 Å². The van der Waals surface area contributed by atoms with E-state index >= 15 is 0 Å². The highest BCUT2D eigenvalue weighted by Gasteiger charge is 2.22. The first kappa shape index (κ1) is 10.6. The van der Waals surface area contributed by atoms with Crippen LogP contribution >= 0.6 is 0 Å². The van der Waals surface area contributed by atoms with Gasteiger partial charge in [-0.05, 0) is 38.4 Å². The Morgan fingerprint density at radius 2 is 2.41 bits per heavy atom. The Morgan fingerprint density at radius 3 is 3.18 bits per heavy atom. The van der Waals surface area contributed by atoms with Gasteiger partial charge in [-0.25, -0.2) is 4.98 Å². The Hall–Kier alpha value is -1.55. The summed E-state index contributed by atoms with van der Waals surface area (Å²) in [6, 6.07) is 6.23. The third-order valence-corrected chi connectivity index (χ3v) is 3.49. The number of oxazole rings is 1. The van der Waals surface area contributed by atoms with Gasteiger partial charge in [-0.1, -0.05) is 0 Å². The molecule has 4 nitrogen and oxygen atoms in total. The van der Waals surface area contributed by atoms with E-state index in [0.29, 0.717) is 6.04 Å². The summed E-state index contributed by atoms with van der Waals surface area (Å²) in [5.74, 6) is 0.791. The lowest BCUT2D eigenvalue weighted by atomic mass is 10.2. The standard InChI is InChI=1S/C13H17N3O/c1-9-3-2-6-16(9)8-13-15-11-5-4-10(14)7-12(11)17-13/h4-5,7,9H,2-3,6,8,14H2,1H3. The van der Waals surface area contributed by atoms with Gasteiger partial charge in [0, 0.05) is 17.8 Å². The molecule has 90 valence electrons. The highest BCUT2D eigenvalue weighted by molar-refractivity contribution is 5.76. The second-order valence-electron chi connectivity index (χ2n) is 4.80. The molecule has 17 heavy (non-hydrogen) atoms. The van der Waals surface area contributed by atoms with Crippen molar-refractivity contribution in [2.45, 2.75) is 32.4 Å². The number of nitrogens with two attached hydrogens (primary N) is 1. The van der Waals surface area contributed by atoms with Gasteiger partial charge in [0.15, 0.2) is 5.58 Å². The predicted molar refractivity (Wildman–Crippen MR) is 67.5 cm³/mol. The molecule has 1 aliphatic rings. The van der Waals surface area contributed by atoms with Crippen LogP contribution in [0.15, 0.2) is 22.6 Å². The van der Waals surface area contributed by atoms with Crippen molar-refractivity contribution in [3.05, 3.63) is 24.1 Å². The summed E-state index contributed by atoms with van der Waals surface area (Å²) in [5, 5.41) is 0. The maximum Gasteiger partial charge on any atom is 0.209 e. The van der Waals surface area contributed by atoms with Crippen molar-refractivity contribution in [2.24, 2.45) is 0 Å². The van der Waals surface area contributed by atoms with Gasteiger partial charge in [0.25, 0.3) is 0 Å². The molecule has 1 aromatic carbocycles. The molecule has 0 radical (unpaired) electrons. The molecule has 0 spiro atoms. The molecule has 1 aliphatic heterocycles. The normalized spacial score (nSPS) is 21.4. The Morgan fingerprint density at radius 1 is 1.53 bits per heavy atom. The number of likely N-dealkylation sites (tertiary alicyclic amines) is 1. The minimum atomic E-state index is 0.634. The smallest absolute Gasteiger partial charge is 0.209 e. The largest absolute Gasteiger partial charge is 0.439 e. The SMILES string of the molecule is CC1CCCN1Cc1nc2ccc(N)cc2o1. The highest BCUT2D eigenvalue weighted by Crippen LogP contribution is 2.22. The quantitative estimate of drug-likeness (QED) is 0.806. The van der Waals surface area contributed by atoms with E-state index in [4.69, 9.17) is 10.2 Å². The number of hydrogen-bond acceptors (Lipinski definition) is 4. The van der Waals surface area contributed by atoms with E-state index in [2.05, 4.69) is 16.8 Å². The van der Waals surface area contributed by atoms with Crippen LogP contribution in [-0.4, -0.2) is 22.5 Å². The molecule has 2 heterocycles. The average Bonchev–Trinajstić information content (AvgIpc) is 2.85. The maximum absolute atomic E-state index is 5.73. The third kappa shape index (κ3) is 2.00. The Labute approximate surface area is 100 Å². The molecular weight excluding hydrogens is 214 g/mol. The minimum Gasteiger partial charge on any atom is -0.439 e. The molecule has 1 aromatic heterocycles. The van der Waals surface area contributed by atoms with Crippen molar-refractivity contribution in [1.29, 1.82) is 0 Å². The zero-order valence-electron chi connectivity index (χ0n) is 10.0. The molecule has 3 rings (SSSR count). The number of nitrogen functional groups attached to an aromatic ring is 1. The number of nitrogens with zero attached hydrogens (tertiary/aromatic N) is 2. The van der Waals surface area contributed by atoms with Crippen LogP contribution in [0.2, 0.25) is 0 Å². The van der Waals surface area contributed by atoms with Crippen LogP contribution in [0.1, 0.15) is 25.7 Å². The molecule has 1 atom stereocenters. The summed E-state index contributed by atoms with van der Waals surface area (Å²) >= 11 is 0. The minimum absolute atomic E-state index is 0.634. The lowest BCUT2D eigenvalue weighted by Crippen LogP contribution is -2.26. The molecular formula is C13H17N3O. The Bertz CT molecular complexity index is 534. The summed E-state index contributed by atoms with van der Waals surface area (Å²) in [4.78, 5) is 6.90. The Kier molecular flexibility index (Phi) is 2.52. The molecule has 0 aliphatic carbocycles. The lowest BCUT2D eigenvalue weighted by Gasteiger charge is -2.18. The van der Waals surface area contributed by atoms with Crippen LogP contribution in [0.4, 0.5) is 5.69 Å². The number of benzene rings is 1. The number of aromatic nitrogens is 1. The van der Waals surface area contributed by atoms with E-state index in [1.807, 2.05) is 18.2 Å². The lowest BCUT2D eigenvalue weighted by molar-refractivity contribution is 0.236. The van der Waals surface area contributed by atoms with Crippen LogP contribution < -0.4 is 5.73 Å². The van der Waals surface area contributed by atoms with Gasteiger partial charge >= 0.3 is 0 Å². The fourth-order valence-electron chi connectivity index (χ4n) is 2.46. The molecule has 1 saturated heterocycles. The fourth-order valence-corrected chi connectivity index (χ4v) is 2.46. The Balaban J connectivity index is 1.85. The monoisotopic (exact) mass is 231 g/mol. The second kappa shape index (κ2) is 4.04. The highest BCUT2D eigenvalue weighted by atomic mass is 16.3. The molecule has 0 bridgehead atoms. The van der Waals surface area contributed by atoms with Crippen LogP contribution in [0.25, 0.3) is 11.1 Å². The number of anilines is 1. The third-order valence-electron chi connectivity index (χ3n) is 3.49. The van der Waals surface area contributed by atoms with E-state index in [1.165, 1.54) is 12.8 Å². The van der Waals surface area contributed by atoms with Crippen molar-refractivity contribution in [2.75, 3.05) is 12.3 Å². The molecule has 4 heteroatoms. The number of hydrogen-bond donors (Lipinski definition) is 1. The first-order valence-corrected chi connectivity index (χ1v) is 6.11. The van der Waals surface area contributed by atoms with Crippen molar-refractivity contribution < 1.29 is 4.42 Å². The van der Waals surface area contributed by atoms with E-state index in [0.717, 1.165) is 35.8 Å². The fraction of sp³-hybridized carbons (Fsp3) is 0.462. The van der Waals surface area contributed by atoms with Crippen molar-refractivity contribution in [1.82, 2.24) is 9.88 Å². The summed E-state index contributed by atoms with van der Waals surface area (Å²) in [7, 11) is 0. The molecule has 0 amide bonds.